The summed E-state index contributed by atoms with van der Waals surface area (Å²) in [6.45, 7) is 7.79. The van der Waals surface area contributed by atoms with Crippen molar-refractivity contribution in [2.24, 2.45) is 0 Å². The molecular formula is C23H26N6O4. The minimum Gasteiger partial charge on any atom is -0.472 e. The molecule has 10 nitrogen and oxygen atoms in total. The average Bonchev–Trinajstić information content (AvgIpc) is 3.34. The molecule has 1 aliphatic rings. The van der Waals surface area contributed by atoms with Crippen molar-refractivity contribution in [2.45, 2.75) is 26.4 Å². The van der Waals surface area contributed by atoms with Crippen LogP contribution in [0.25, 0.3) is 11.4 Å². The van der Waals surface area contributed by atoms with Crippen LogP contribution < -0.4 is 10.2 Å². The molecule has 0 unspecified atom stereocenters. The van der Waals surface area contributed by atoms with E-state index in [-0.39, 0.29) is 17.7 Å². The number of ether oxygens (including phenoxy) is 1. The summed E-state index contributed by atoms with van der Waals surface area (Å²) in [7, 11) is 0. The second-order valence-electron chi connectivity index (χ2n) is 8.58. The molecule has 4 rings (SSSR count). The van der Waals surface area contributed by atoms with Gasteiger partial charge in [0.2, 0.25) is 0 Å². The Balaban J connectivity index is 1.44. The zero-order chi connectivity index (χ0) is 23.4. The standard InChI is InChI=1S/C23H26N6O4/c1-23(2,3)33-22(31)29-11-9-28(10-12-29)19-5-7-24-14-18(19)27-21(30)17-4-8-25-20(26-17)16-6-13-32-15-16/h4-8,13-15H,9-12H2,1-3H3,(H,27,30). The van der Waals surface area contributed by atoms with Crippen LogP contribution in [-0.2, 0) is 4.74 Å². The lowest BCUT2D eigenvalue weighted by Crippen LogP contribution is -2.50. The predicted octanol–water partition coefficient (Wildman–Crippen LogP) is 3.44. The summed E-state index contributed by atoms with van der Waals surface area (Å²) in [5.41, 5.74) is 1.78. The van der Waals surface area contributed by atoms with E-state index in [9.17, 15) is 9.59 Å². The molecule has 1 N–H and O–H groups in total. The third-order valence-electron chi connectivity index (χ3n) is 4.99. The van der Waals surface area contributed by atoms with Crippen LogP contribution in [0.5, 0.6) is 0 Å². The summed E-state index contributed by atoms with van der Waals surface area (Å²) < 4.78 is 10.5. The number of furan rings is 1. The molecule has 0 radical (unpaired) electrons. The van der Waals surface area contributed by atoms with Gasteiger partial charge < -0.3 is 24.3 Å². The fraction of sp³-hybridized carbons (Fsp3) is 0.348. The molecule has 2 amide bonds. The SMILES string of the molecule is CC(C)(C)OC(=O)N1CCN(c2ccncc2NC(=O)c2ccnc(-c3ccoc3)n2)CC1. The summed E-state index contributed by atoms with van der Waals surface area (Å²) in [5.74, 6) is 0.0323. The molecule has 3 aromatic rings. The van der Waals surface area contributed by atoms with Crippen molar-refractivity contribution in [3.63, 3.8) is 0 Å². The summed E-state index contributed by atoms with van der Waals surface area (Å²) >= 11 is 0. The van der Waals surface area contributed by atoms with Crippen LogP contribution in [0, 0.1) is 0 Å². The van der Waals surface area contributed by atoms with Gasteiger partial charge in [-0.3, -0.25) is 9.78 Å². The lowest BCUT2D eigenvalue weighted by Gasteiger charge is -2.37. The van der Waals surface area contributed by atoms with Gasteiger partial charge in [0, 0.05) is 38.6 Å². The summed E-state index contributed by atoms with van der Waals surface area (Å²) in [6, 6.07) is 5.12. The van der Waals surface area contributed by atoms with Crippen LogP contribution in [-0.4, -0.2) is 63.6 Å². The molecule has 1 fully saturated rings. The van der Waals surface area contributed by atoms with Gasteiger partial charge in [0.25, 0.3) is 5.91 Å². The van der Waals surface area contributed by atoms with Gasteiger partial charge in [-0.15, -0.1) is 0 Å². The van der Waals surface area contributed by atoms with Crippen molar-refractivity contribution in [1.29, 1.82) is 0 Å². The molecule has 10 heteroatoms. The second-order valence-corrected chi connectivity index (χ2v) is 8.58. The quantitative estimate of drug-likeness (QED) is 0.643. The first-order valence-corrected chi connectivity index (χ1v) is 10.6. The van der Waals surface area contributed by atoms with Crippen molar-refractivity contribution in [3.8, 4) is 11.4 Å². The zero-order valence-electron chi connectivity index (χ0n) is 18.8. The number of anilines is 2. The molecule has 0 bridgehead atoms. The van der Waals surface area contributed by atoms with Gasteiger partial charge in [0.05, 0.1) is 29.4 Å². The van der Waals surface area contributed by atoms with E-state index >= 15 is 0 Å². The fourth-order valence-corrected chi connectivity index (χ4v) is 3.42. The van der Waals surface area contributed by atoms with Crippen molar-refractivity contribution in [2.75, 3.05) is 36.4 Å². The van der Waals surface area contributed by atoms with Gasteiger partial charge in [-0.1, -0.05) is 0 Å². The van der Waals surface area contributed by atoms with Crippen LogP contribution in [0.15, 0.2) is 53.7 Å². The average molecular weight is 450 g/mol. The van der Waals surface area contributed by atoms with E-state index in [1.807, 2.05) is 26.8 Å². The molecule has 4 heterocycles. The third-order valence-corrected chi connectivity index (χ3v) is 4.99. The minimum absolute atomic E-state index is 0.228. The Morgan fingerprint density at radius 2 is 1.88 bits per heavy atom. The molecule has 0 saturated carbocycles. The number of nitrogens with one attached hydrogen (secondary N) is 1. The molecule has 0 aromatic carbocycles. The van der Waals surface area contributed by atoms with Crippen LogP contribution in [0.2, 0.25) is 0 Å². The smallest absolute Gasteiger partial charge is 0.410 e. The number of hydrogen-bond acceptors (Lipinski definition) is 8. The Bertz CT molecular complexity index is 1120. The zero-order valence-corrected chi connectivity index (χ0v) is 18.8. The normalized spacial score (nSPS) is 14.2. The van der Waals surface area contributed by atoms with E-state index in [2.05, 4.69) is 25.2 Å². The first-order valence-electron chi connectivity index (χ1n) is 10.6. The number of rotatable bonds is 4. The van der Waals surface area contributed by atoms with Gasteiger partial charge in [-0.25, -0.2) is 14.8 Å². The highest BCUT2D eigenvalue weighted by Crippen LogP contribution is 2.26. The maximum atomic E-state index is 12.9. The Kier molecular flexibility index (Phi) is 6.25. The molecule has 0 atom stereocenters. The van der Waals surface area contributed by atoms with E-state index in [0.29, 0.717) is 43.3 Å². The molecule has 33 heavy (non-hydrogen) atoms. The van der Waals surface area contributed by atoms with Gasteiger partial charge in [0.15, 0.2) is 5.82 Å². The van der Waals surface area contributed by atoms with E-state index in [4.69, 9.17) is 9.15 Å². The molecule has 1 aliphatic heterocycles. The van der Waals surface area contributed by atoms with Crippen LogP contribution in [0.4, 0.5) is 16.2 Å². The van der Waals surface area contributed by atoms with E-state index in [0.717, 1.165) is 5.69 Å². The highest BCUT2D eigenvalue weighted by atomic mass is 16.6. The van der Waals surface area contributed by atoms with E-state index in [1.54, 1.807) is 29.4 Å². The maximum absolute atomic E-state index is 12.9. The molecule has 172 valence electrons. The first-order chi connectivity index (χ1) is 15.8. The highest BCUT2D eigenvalue weighted by Gasteiger charge is 2.27. The number of piperazine rings is 1. The first kappa shape index (κ1) is 22.3. The largest absolute Gasteiger partial charge is 0.472 e. The van der Waals surface area contributed by atoms with Crippen molar-refractivity contribution in [3.05, 3.63) is 55.0 Å². The number of aromatic nitrogens is 3. The predicted molar refractivity (Wildman–Crippen MR) is 122 cm³/mol. The summed E-state index contributed by atoms with van der Waals surface area (Å²) in [6.07, 6.45) is 7.54. The highest BCUT2D eigenvalue weighted by molar-refractivity contribution is 6.04. The Morgan fingerprint density at radius 1 is 1.09 bits per heavy atom. The number of nitrogens with zero attached hydrogens (tertiary/aromatic N) is 5. The lowest BCUT2D eigenvalue weighted by atomic mass is 10.2. The van der Waals surface area contributed by atoms with Crippen molar-refractivity contribution >= 4 is 23.4 Å². The lowest BCUT2D eigenvalue weighted by molar-refractivity contribution is 0.0240. The Labute approximate surface area is 191 Å². The molecule has 1 saturated heterocycles. The number of carbonyl (C=O) groups excluding carboxylic acids is 2. The second kappa shape index (κ2) is 9.27. The van der Waals surface area contributed by atoms with E-state index < -0.39 is 5.60 Å². The van der Waals surface area contributed by atoms with Crippen LogP contribution in [0.1, 0.15) is 31.3 Å². The van der Waals surface area contributed by atoms with Gasteiger partial charge in [-0.2, -0.15) is 0 Å². The number of pyridine rings is 1. The van der Waals surface area contributed by atoms with E-state index in [1.165, 1.54) is 18.7 Å². The van der Waals surface area contributed by atoms with Gasteiger partial charge >= 0.3 is 6.09 Å². The molecule has 3 aromatic heterocycles. The monoisotopic (exact) mass is 450 g/mol. The fourth-order valence-electron chi connectivity index (χ4n) is 3.42. The van der Waals surface area contributed by atoms with Gasteiger partial charge in [0.1, 0.15) is 17.6 Å². The third kappa shape index (κ3) is 5.46. The minimum atomic E-state index is -0.533. The van der Waals surface area contributed by atoms with Crippen molar-refractivity contribution < 1.29 is 18.7 Å². The molecular weight excluding hydrogens is 424 g/mol. The topological polar surface area (TPSA) is 114 Å². The summed E-state index contributed by atoms with van der Waals surface area (Å²) in [4.78, 5) is 41.7. The number of carbonyl (C=O) groups is 2. The van der Waals surface area contributed by atoms with Crippen molar-refractivity contribution in [1.82, 2.24) is 19.9 Å². The van der Waals surface area contributed by atoms with Crippen LogP contribution in [0.3, 0.4) is 0 Å². The summed E-state index contributed by atoms with van der Waals surface area (Å²) in [5, 5.41) is 2.90. The van der Waals surface area contributed by atoms with Gasteiger partial charge in [-0.05, 0) is 39.0 Å². The molecule has 0 spiro atoms. The molecule has 0 aliphatic carbocycles. The number of amides is 2. The number of hydrogen-bond donors (Lipinski definition) is 1. The Hall–Kier alpha value is -3.95. The van der Waals surface area contributed by atoms with Crippen LogP contribution >= 0.6 is 0 Å². The maximum Gasteiger partial charge on any atom is 0.410 e. The Morgan fingerprint density at radius 3 is 2.58 bits per heavy atom.